The average Bonchev–Trinajstić information content (AvgIpc) is 2.98. The Morgan fingerprint density at radius 1 is 1.09 bits per heavy atom. The van der Waals surface area contributed by atoms with Crippen molar-refractivity contribution in [2.24, 2.45) is 5.73 Å². The van der Waals surface area contributed by atoms with Crippen LogP contribution in [0.15, 0.2) is 59.8 Å². The maximum absolute atomic E-state index is 13.1. The summed E-state index contributed by atoms with van der Waals surface area (Å²) < 4.78 is 15.0. The minimum atomic E-state index is -0.430. The largest absolute Gasteiger partial charge is 0.369 e. The SMILES string of the molecule is NC(=O)CSc1nnc(-c2ccc(F)cc2)n1-c1ccccc1. The van der Waals surface area contributed by atoms with Gasteiger partial charge < -0.3 is 5.73 Å². The molecule has 0 saturated carbocycles. The first-order chi connectivity index (χ1) is 11.1. The van der Waals surface area contributed by atoms with Crippen molar-refractivity contribution in [3.05, 3.63) is 60.4 Å². The van der Waals surface area contributed by atoms with E-state index in [0.29, 0.717) is 11.0 Å². The summed E-state index contributed by atoms with van der Waals surface area (Å²) in [6.45, 7) is 0. The van der Waals surface area contributed by atoms with Crippen LogP contribution in [0.3, 0.4) is 0 Å². The molecule has 0 bridgehead atoms. The number of amides is 1. The quantitative estimate of drug-likeness (QED) is 0.731. The minimum Gasteiger partial charge on any atom is -0.369 e. The number of halogens is 1. The third-order valence-corrected chi connectivity index (χ3v) is 4.04. The average molecular weight is 328 g/mol. The number of nitrogens with two attached hydrogens (primary N) is 1. The van der Waals surface area contributed by atoms with E-state index in [1.165, 1.54) is 23.9 Å². The normalized spacial score (nSPS) is 10.7. The van der Waals surface area contributed by atoms with Crippen molar-refractivity contribution >= 4 is 17.7 Å². The van der Waals surface area contributed by atoms with Crippen LogP contribution in [0.4, 0.5) is 4.39 Å². The van der Waals surface area contributed by atoms with Gasteiger partial charge in [0.2, 0.25) is 5.91 Å². The Morgan fingerprint density at radius 2 is 1.78 bits per heavy atom. The number of hydrogen-bond donors (Lipinski definition) is 1. The summed E-state index contributed by atoms with van der Waals surface area (Å²) in [7, 11) is 0. The van der Waals surface area contributed by atoms with E-state index in [1.54, 1.807) is 12.1 Å². The van der Waals surface area contributed by atoms with Gasteiger partial charge in [-0.3, -0.25) is 9.36 Å². The lowest BCUT2D eigenvalue weighted by molar-refractivity contribution is -0.115. The number of carbonyl (C=O) groups excluding carboxylic acids is 1. The predicted octanol–water partition coefficient (Wildman–Crippen LogP) is 2.65. The molecule has 5 nitrogen and oxygen atoms in total. The smallest absolute Gasteiger partial charge is 0.227 e. The summed E-state index contributed by atoms with van der Waals surface area (Å²) in [6, 6.07) is 15.5. The van der Waals surface area contributed by atoms with Crippen LogP contribution >= 0.6 is 11.8 Å². The van der Waals surface area contributed by atoms with Crippen molar-refractivity contribution in [2.75, 3.05) is 5.75 Å². The molecule has 0 saturated heterocycles. The summed E-state index contributed by atoms with van der Waals surface area (Å²) in [6.07, 6.45) is 0. The zero-order valence-corrected chi connectivity index (χ0v) is 12.8. The van der Waals surface area contributed by atoms with Crippen molar-refractivity contribution in [1.29, 1.82) is 0 Å². The third-order valence-electron chi connectivity index (χ3n) is 3.09. The van der Waals surface area contributed by atoms with E-state index < -0.39 is 5.91 Å². The van der Waals surface area contributed by atoms with Crippen LogP contribution in [0.25, 0.3) is 17.1 Å². The van der Waals surface area contributed by atoms with Crippen molar-refractivity contribution in [2.45, 2.75) is 5.16 Å². The van der Waals surface area contributed by atoms with Crippen molar-refractivity contribution in [3.8, 4) is 17.1 Å². The fourth-order valence-corrected chi connectivity index (χ4v) is 2.79. The second kappa shape index (κ2) is 6.62. The Kier molecular flexibility index (Phi) is 4.38. The van der Waals surface area contributed by atoms with E-state index in [4.69, 9.17) is 5.73 Å². The molecular weight excluding hydrogens is 315 g/mol. The third kappa shape index (κ3) is 3.40. The van der Waals surface area contributed by atoms with E-state index in [1.807, 2.05) is 34.9 Å². The number of aromatic nitrogens is 3. The van der Waals surface area contributed by atoms with E-state index in [-0.39, 0.29) is 11.6 Å². The van der Waals surface area contributed by atoms with E-state index in [9.17, 15) is 9.18 Å². The molecule has 0 aliphatic rings. The van der Waals surface area contributed by atoms with Crippen LogP contribution in [0, 0.1) is 5.82 Å². The van der Waals surface area contributed by atoms with Gasteiger partial charge >= 0.3 is 0 Å². The molecule has 1 heterocycles. The molecule has 0 spiro atoms. The molecule has 7 heteroatoms. The lowest BCUT2D eigenvalue weighted by atomic mass is 10.2. The van der Waals surface area contributed by atoms with Gasteiger partial charge in [-0.1, -0.05) is 30.0 Å². The summed E-state index contributed by atoms with van der Waals surface area (Å²) in [5, 5.41) is 8.88. The van der Waals surface area contributed by atoms with Crippen LogP contribution in [0.1, 0.15) is 0 Å². The van der Waals surface area contributed by atoms with Gasteiger partial charge in [-0.2, -0.15) is 0 Å². The monoisotopic (exact) mass is 328 g/mol. The standard InChI is InChI=1S/C16H13FN4OS/c17-12-8-6-11(7-9-12)15-19-20-16(23-10-14(18)22)21(15)13-4-2-1-3-5-13/h1-9H,10H2,(H2,18,22). The summed E-state index contributed by atoms with van der Waals surface area (Å²) in [5.41, 5.74) is 6.79. The van der Waals surface area contributed by atoms with Crippen molar-refractivity contribution < 1.29 is 9.18 Å². The number of primary amides is 1. The molecule has 0 aliphatic carbocycles. The molecule has 0 radical (unpaired) electrons. The highest BCUT2D eigenvalue weighted by atomic mass is 32.2. The number of thioether (sulfide) groups is 1. The van der Waals surface area contributed by atoms with Gasteiger partial charge in [0.25, 0.3) is 0 Å². The topological polar surface area (TPSA) is 73.8 Å². The lowest BCUT2D eigenvalue weighted by Gasteiger charge is -2.09. The van der Waals surface area contributed by atoms with Crippen LogP contribution in [0.5, 0.6) is 0 Å². The highest BCUT2D eigenvalue weighted by molar-refractivity contribution is 7.99. The second-order valence-electron chi connectivity index (χ2n) is 4.74. The lowest BCUT2D eigenvalue weighted by Crippen LogP contribution is -2.13. The molecule has 3 aromatic rings. The Hall–Kier alpha value is -2.67. The molecule has 2 aromatic carbocycles. The molecule has 116 valence electrons. The highest BCUT2D eigenvalue weighted by Crippen LogP contribution is 2.27. The summed E-state index contributed by atoms with van der Waals surface area (Å²) in [4.78, 5) is 11.0. The predicted molar refractivity (Wildman–Crippen MR) is 86.7 cm³/mol. The number of rotatable bonds is 5. The fourth-order valence-electron chi connectivity index (χ4n) is 2.09. The Balaban J connectivity index is 2.09. The van der Waals surface area contributed by atoms with Gasteiger partial charge in [-0.05, 0) is 36.4 Å². The zero-order chi connectivity index (χ0) is 16.2. The van der Waals surface area contributed by atoms with Gasteiger partial charge in [0, 0.05) is 11.3 Å². The van der Waals surface area contributed by atoms with Crippen LogP contribution in [-0.4, -0.2) is 26.4 Å². The second-order valence-corrected chi connectivity index (χ2v) is 5.68. The first-order valence-corrected chi connectivity index (χ1v) is 7.81. The van der Waals surface area contributed by atoms with Gasteiger partial charge in [0.15, 0.2) is 11.0 Å². The van der Waals surface area contributed by atoms with Crippen LogP contribution < -0.4 is 5.73 Å². The van der Waals surface area contributed by atoms with Crippen LogP contribution in [-0.2, 0) is 4.79 Å². The zero-order valence-electron chi connectivity index (χ0n) is 12.0. The molecule has 2 N–H and O–H groups in total. The van der Waals surface area contributed by atoms with Gasteiger partial charge in [0.05, 0.1) is 5.75 Å². The molecule has 1 aromatic heterocycles. The first-order valence-electron chi connectivity index (χ1n) is 6.83. The van der Waals surface area contributed by atoms with Crippen molar-refractivity contribution in [3.63, 3.8) is 0 Å². The number of carbonyl (C=O) groups is 1. The fraction of sp³-hybridized carbons (Fsp3) is 0.0625. The Bertz CT molecular complexity index is 818. The van der Waals surface area contributed by atoms with Gasteiger partial charge in [0.1, 0.15) is 5.82 Å². The molecule has 0 aliphatic heterocycles. The number of hydrogen-bond acceptors (Lipinski definition) is 4. The molecule has 0 fully saturated rings. The summed E-state index contributed by atoms with van der Waals surface area (Å²) in [5.74, 6) is -0.0686. The maximum Gasteiger partial charge on any atom is 0.227 e. The highest BCUT2D eigenvalue weighted by Gasteiger charge is 2.16. The first kappa shape index (κ1) is 15.2. The maximum atomic E-state index is 13.1. The molecule has 1 amide bonds. The Morgan fingerprint density at radius 3 is 2.43 bits per heavy atom. The minimum absolute atomic E-state index is 0.106. The molecule has 3 rings (SSSR count). The van der Waals surface area contributed by atoms with E-state index in [0.717, 1.165) is 11.3 Å². The van der Waals surface area contributed by atoms with Gasteiger partial charge in [-0.25, -0.2) is 4.39 Å². The molecule has 0 atom stereocenters. The van der Waals surface area contributed by atoms with Crippen molar-refractivity contribution in [1.82, 2.24) is 14.8 Å². The van der Waals surface area contributed by atoms with E-state index >= 15 is 0 Å². The number of para-hydroxylation sites is 1. The number of benzene rings is 2. The molecule has 23 heavy (non-hydrogen) atoms. The molecular formula is C16H13FN4OS. The summed E-state index contributed by atoms with van der Waals surface area (Å²) >= 11 is 1.21. The molecule has 0 unspecified atom stereocenters. The van der Waals surface area contributed by atoms with Gasteiger partial charge in [-0.15, -0.1) is 10.2 Å². The van der Waals surface area contributed by atoms with Crippen LogP contribution in [0.2, 0.25) is 0 Å². The number of nitrogens with zero attached hydrogens (tertiary/aromatic N) is 3. The van der Waals surface area contributed by atoms with E-state index in [2.05, 4.69) is 10.2 Å². The Labute approximate surface area is 136 Å².